The minimum Gasteiger partial charge on any atom is -0.370 e. The molecule has 3 nitrogen and oxygen atoms in total. The molecule has 10 heteroatoms. The van der Waals surface area contributed by atoms with Crippen LogP contribution in [0, 0.1) is 11.7 Å². The van der Waals surface area contributed by atoms with E-state index in [1.807, 2.05) is 30.5 Å². The lowest BCUT2D eigenvalue weighted by Crippen LogP contribution is -2.37. The normalized spacial score (nSPS) is 19.1. The molecule has 3 aromatic carbocycles. The second kappa shape index (κ2) is 15.6. The van der Waals surface area contributed by atoms with Gasteiger partial charge in [-0.05, 0) is 84.8 Å². The van der Waals surface area contributed by atoms with Crippen LogP contribution >= 0.6 is 0 Å². The fraction of sp³-hybridized carbons (Fsp3) is 0.371. The average molecular weight is 636 g/mol. The topological polar surface area (TPSA) is 21.7 Å². The maximum Gasteiger partial charge on any atom is 0.416 e. The molecule has 1 aliphatic rings. The third-order valence-corrected chi connectivity index (χ3v) is 7.76. The van der Waals surface area contributed by atoms with Crippen molar-refractivity contribution >= 4 is 0 Å². The molecule has 0 spiro atoms. The van der Waals surface area contributed by atoms with E-state index in [1.54, 1.807) is 12.1 Å². The summed E-state index contributed by atoms with van der Waals surface area (Å²) in [4.78, 5) is 2.15. The Hall–Kier alpha value is -3.63. The van der Waals surface area contributed by atoms with Crippen molar-refractivity contribution in [3.8, 4) is 0 Å². The van der Waals surface area contributed by atoms with Crippen molar-refractivity contribution in [1.82, 2.24) is 4.90 Å². The fourth-order valence-electron chi connectivity index (χ4n) is 5.58. The molecule has 3 atom stereocenters. The summed E-state index contributed by atoms with van der Waals surface area (Å²) < 4.78 is 106. The number of nitrogens with zero attached hydrogens (tertiary/aromatic N) is 1. The van der Waals surface area contributed by atoms with Crippen molar-refractivity contribution in [2.45, 2.75) is 56.8 Å². The number of halogens is 7. The lowest BCUT2D eigenvalue weighted by molar-refractivity contribution is -0.188. The first kappa shape index (κ1) is 34.2. The standard InChI is InChI=1S/C35H36F7NO2/c1-2-17-43(24-25-8-4-3-5-9-25)18-7-6-10-27-16-20-45-33(32(27)28-11-13-31(36)14-12-28)44-19-15-26-21-29(34(37,38)39)23-30(22-26)35(40,41)42/h2-5,7-9,11-14,18,21-23,27,32-33H,1,6,10,15-17,19-20,24H2. The number of allylic oxidation sites excluding steroid dienone is 1. The number of benzene rings is 3. The van der Waals surface area contributed by atoms with Crippen molar-refractivity contribution in [2.75, 3.05) is 19.8 Å². The number of hydrogen-bond donors (Lipinski definition) is 0. The lowest BCUT2D eigenvalue weighted by atomic mass is 9.79. The van der Waals surface area contributed by atoms with Crippen LogP contribution in [-0.4, -0.2) is 30.9 Å². The summed E-state index contributed by atoms with van der Waals surface area (Å²) in [6.45, 7) is 5.45. The molecule has 3 unspecified atom stereocenters. The van der Waals surface area contributed by atoms with Gasteiger partial charge in [-0.15, -0.1) is 6.58 Å². The summed E-state index contributed by atoms with van der Waals surface area (Å²) >= 11 is 0. The quantitative estimate of drug-likeness (QED) is 0.138. The van der Waals surface area contributed by atoms with E-state index in [-0.39, 0.29) is 36.5 Å². The summed E-state index contributed by atoms with van der Waals surface area (Å²) in [5, 5.41) is 0. The van der Waals surface area contributed by atoms with E-state index >= 15 is 0 Å². The maximum absolute atomic E-state index is 13.8. The van der Waals surface area contributed by atoms with Crippen LogP contribution in [-0.2, 0) is 34.8 Å². The summed E-state index contributed by atoms with van der Waals surface area (Å²) in [6.07, 6.45) is -2.67. The summed E-state index contributed by atoms with van der Waals surface area (Å²) in [7, 11) is 0. The zero-order valence-corrected chi connectivity index (χ0v) is 24.7. The van der Waals surface area contributed by atoms with E-state index in [1.165, 1.54) is 17.7 Å². The third-order valence-electron chi connectivity index (χ3n) is 7.76. The Kier molecular flexibility index (Phi) is 11.9. The Bertz CT molecular complexity index is 1360. The molecule has 0 aliphatic carbocycles. The summed E-state index contributed by atoms with van der Waals surface area (Å²) in [5.74, 6) is -0.641. The minimum absolute atomic E-state index is 0.0752. The minimum atomic E-state index is -4.93. The maximum atomic E-state index is 13.8. The van der Waals surface area contributed by atoms with Crippen LogP contribution in [0.25, 0.3) is 0 Å². The SMILES string of the molecule is C=CCN(C=CCCC1CCOC(OCCc2cc(C(F)(F)F)cc(C(F)(F)F)c2)C1c1ccc(F)cc1)Cc1ccccc1. The van der Waals surface area contributed by atoms with E-state index in [0.29, 0.717) is 31.7 Å². The van der Waals surface area contributed by atoms with Crippen molar-refractivity contribution in [3.63, 3.8) is 0 Å². The molecular weight excluding hydrogens is 599 g/mol. The van der Waals surface area contributed by atoms with Gasteiger partial charge < -0.3 is 14.4 Å². The zero-order valence-electron chi connectivity index (χ0n) is 24.7. The van der Waals surface area contributed by atoms with Gasteiger partial charge in [-0.25, -0.2) is 4.39 Å². The Morgan fingerprint density at radius 1 is 0.889 bits per heavy atom. The van der Waals surface area contributed by atoms with Gasteiger partial charge in [0.2, 0.25) is 0 Å². The largest absolute Gasteiger partial charge is 0.416 e. The first-order chi connectivity index (χ1) is 21.4. The van der Waals surface area contributed by atoms with Crippen LogP contribution in [0.5, 0.6) is 0 Å². The van der Waals surface area contributed by atoms with Gasteiger partial charge in [0.25, 0.3) is 0 Å². The second-order valence-electron chi connectivity index (χ2n) is 11.1. The van der Waals surface area contributed by atoms with Crippen molar-refractivity contribution in [1.29, 1.82) is 0 Å². The number of alkyl halides is 6. The van der Waals surface area contributed by atoms with Gasteiger partial charge in [-0.1, -0.05) is 54.6 Å². The van der Waals surface area contributed by atoms with E-state index in [2.05, 4.69) is 29.7 Å². The molecule has 4 rings (SSSR count). The van der Waals surface area contributed by atoms with Gasteiger partial charge >= 0.3 is 12.4 Å². The third kappa shape index (κ3) is 10.2. The predicted octanol–water partition coefficient (Wildman–Crippen LogP) is 9.55. The molecule has 1 heterocycles. The van der Waals surface area contributed by atoms with Crippen LogP contribution in [0.3, 0.4) is 0 Å². The number of rotatable bonds is 13. The number of ether oxygens (including phenoxy) is 2. The van der Waals surface area contributed by atoms with Crippen LogP contribution in [0.2, 0.25) is 0 Å². The molecule has 1 aliphatic heterocycles. The van der Waals surface area contributed by atoms with Crippen LogP contribution < -0.4 is 0 Å². The molecule has 45 heavy (non-hydrogen) atoms. The molecule has 0 bridgehead atoms. The first-order valence-corrected chi connectivity index (χ1v) is 14.8. The highest BCUT2D eigenvalue weighted by Crippen LogP contribution is 2.40. The molecule has 0 N–H and O–H groups in total. The second-order valence-corrected chi connectivity index (χ2v) is 11.1. The fourth-order valence-corrected chi connectivity index (χ4v) is 5.58. The zero-order chi connectivity index (χ0) is 32.5. The Morgan fingerprint density at radius 2 is 1.56 bits per heavy atom. The van der Waals surface area contributed by atoms with Gasteiger partial charge in [-0.3, -0.25) is 0 Å². The average Bonchev–Trinajstić information content (AvgIpc) is 2.99. The van der Waals surface area contributed by atoms with Gasteiger partial charge in [0.05, 0.1) is 24.3 Å². The highest BCUT2D eigenvalue weighted by atomic mass is 19.4. The molecular formula is C35H36F7NO2. The van der Waals surface area contributed by atoms with Crippen LogP contribution in [0.1, 0.15) is 53.0 Å². The van der Waals surface area contributed by atoms with Crippen LogP contribution in [0.4, 0.5) is 30.7 Å². The molecule has 1 fully saturated rings. The molecule has 3 aromatic rings. The molecule has 0 saturated carbocycles. The van der Waals surface area contributed by atoms with Crippen molar-refractivity contribution in [2.24, 2.45) is 5.92 Å². The number of hydrogen-bond acceptors (Lipinski definition) is 3. The smallest absolute Gasteiger partial charge is 0.370 e. The van der Waals surface area contributed by atoms with Crippen molar-refractivity contribution < 1.29 is 40.2 Å². The molecule has 0 aromatic heterocycles. The Morgan fingerprint density at radius 3 is 2.18 bits per heavy atom. The lowest BCUT2D eigenvalue weighted by Gasteiger charge is -2.38. The molecule has 0 amide bonds. The van der Waals surface area contributed by atoms with E-state index in [0.717, 1.165) is 24.9 Å². The van der Waals surface area contributed by atoms with Gasteiger partial charge in [-0.2, -0.15) is 26.3 Å². The molecule has 1 saturated heterocycles. The van der Waals surface area contributed by atoms with Crippen molar-refractivity contribution in [3.05, 3.63) is 131 Å². The first-order valence-electron chi connectivity index (χ1n) is 14.8. The highest BCUT2D eigenvalue weighted by molar-refractivity contribution is 5.34. The van der Waals surface area contributed by atoms with Gasteiger partial charge in [0.15, 0.2) is 6.29 Å². The monoisotopic (exact) mass is 635 g/mol. The Labute approximate surface area is 259 Å². The van der Waals surface area contributed by atoms with E-state index in [4.69, 9.17) is 9.47 Å². The summed E-state index contributed by atoms with van der Waals surface area (Å²) in [6, 6.07) is 17.6. The van der Waals surface area contributed by atoms with E-state index in [9.17, 15) is 30.7 Å². The van der Waals surface area contributed by atoms with Gasteiger partial charge in [0.1, 0.15) is 5.82 Å². The van der Waals surface area contributed by atoms with Crippen LogP contribution in [0.15, 0.2) is 97.7 Å². The van der Waals surface area contributed by atoms with Gasteiger partial charge in [0, 0.05) is 19.0 Å². The molecule has 0 radical (unpaired) electrons. The Balaban J connectivity index is 1.44. The molecule has 242 valence electrons. The van der Waals surface area contributed by atoms with E-state index < -0.39 is 35.6 Å². The highest BCUT2D eigenvalue weighted by Gasteiger charge is 2.38. The summed E-state index contributed by atoms with van der Waals surface area (Å²) in [5.41, 5.74) is -0.925. The predicted molar refractivity (Wildman–Crippen MR) is 159 cm³/mol.